The molecule has 3 N–H and O–H groups in total. The number of methoxy groups -OCH3 is 2. The lowest BCUT2D eigenvalue weighted by Gasteiger charge is -2.31. The number of nitrogens with one attached hydrogen (secondary N) is 3. The lowest BCUT2D eigenvalue weighted by molar-refractivity contribution is -0.113. The Balaban J connectivity index is 2.00. The quantitative estimate of drug-likeness (QED) is 0.583. The molecule has 0 saturated heterocycles. The molecule has 3 rings (SSSR count). The largest absolute Gasteiger partial charge is 0.497 e. The van der Waals surface area contributed by atoms with E-state index in [1.54, 1.807) is 50.4 Å². The van der Waals surface area contributed by atoms with E-state index in [4.69, 9.17) is 44.9 Å². The predicted octanol–water partition coefficient (Wildman–Crippen LogP) is 4.44. The number of allylic oxidation sites excluding steroid dienone is 1. The standard InChI is InChI=1S/C20H19Cl2N3O3S/c1-10-16(19(26)24-14-8-7-11(27-2)9-15(14)28-3)18(25-20(29)23-10)12-5-4-6-13(21)17(12)22/h4-9,18H,1-3H3,(H,24,26)(H2,23,25,29). The van der Waals surface area contributed by atoms with Gasteiger partial charge in [0.05, 0.1) is 41.6 Å². The van der Waals surface area contributed by atoms with E-state index in [0.29, 0.717) is 49.2 Å². The summed E-state index contributed by atoms with van der Waals surface area (Å²) in [5.74, 6) is 0.750. The lowest BCUT2D eigenvalue weighted by atomic mass is 9.94. The fourth-order valence-corrected chi connectivity index (χ4v) is 3.75. The number of benzene rings is 2. The lowest BCUT2D eigenvalue weighted by Crippen LogP contribution is -2.45. The maximum atomic E-state index is 13.2. The van der Waals surface area contributed by atoms with Crippen molar-refractivity contribution in [2.45, 2.75) is 13.0 Å². The number of carbonyl (C=O) groups is 1. The Morgan fingerprint density at radius 1 is 1.17 bits per heavy atom. The van der Waals surface area contributed by atoms with Crippen LogP contribution in [0.4, 0.5) is 5.69 Å². The van der Waals surface area contributed by atoms with Gasteiger partial charge in [0.2, 0.25) is 0 Å². The van der Waals surface area contributed by atoms with Gasteiger partial charge >= 0.3 is 0 Å². The zero-order valence-electron chi connectivity index (χ0n) is 15.9. The van der Waals surface area contributed by atoms with Gasteiger partial charge in [0.15, 0.2) is 5.11 Å². The summed E-state index contributed by atoms with van der Waals surface area (Å²) < 4.78 is 10.6. The molecule has 1 aliphatic rings. The fraction of sp³-hybridized carbons (Fsp3) is 0.200. The molecule has 29 heavy (non-hydrogen) atoms. The number of halogens is 2. The second-order valence-electron chi connectivity index (χ2n) is 6.23. The van der Waals surface area contributed by atoms with Crippen molar-refractivity contribution in [3.05, 3.63) is 63.3 Å². The van der Waals surface area contributed by atoms with Gasteiger partial charge in [-0.05, 0) is 42.9 Å². The molecule has 1 atom stereocenters. The van der Waals surface area contributed by atoms with E-state index < -0.39 is 6.04 Å². The molecule has 0 aromatic heterocycles. The van der Waals surface area contributed by atoms with Crippen LogP contribution in [0.1, 0.15) is 18.5 Å². The summed E-state index contributed by atoms with van der Waals surface area (Å²) in [6.45, 7) is 1.78. The van der Waals surface area contributed by atoms with Crippen LogP contribution in [-0.2, 0) is 4.79 Å². The smallest absolute Gasteiger partial charge is 0.255 e. The Labute approximate surface area is 184 Å². The molecule has 1 heterocycles. The van der Waals surface area contributed by atoms with Crippen LogP contribution >= 0.6 is 35.4 Å². The van der Waals surface area contributed by atoms with E-state index >= 15 is 0 Å². The summed E-state index contributed by atoms with van der Waals surface area (Å²) >= 11 is 17.9. The highest BCUT2D eigenvalue weighted by atomic mass is 35.5. The molecule has 0 bridgehead atoms. The zero-order chi connectivity index (χ0) is 21.1. The predicted molar refractivity (Wildman–Crippen MR) is 119 cm³/mol. The summed E-state index contributed by atoms with van der Waals surface area (Å²) in [5.41, 5.74) is 2.19. The van der Waals surface area contributed by atoms with E-state index in [-0.39, 0.29) is 5.91 Å². The maximum absolute atomic E-state index is 13.2. The van der Waals surface area contributed by atoms with Gasteiger partial charge in [0, 0.05) is 11.8 Å². The molecule has 1 aliphatic heterocycles. The first-order valence-electron chi connectivity index (χ1n) is 8.61. The number of carbonyl (C=O) groups excluding carboxylic acids is 1. The molecule has 0 radical (unpaired) electrons. The van der Waals surface area contributed by atoms with Crippen molar-refractivity contribution >= 4 is 52.1 Å². The Kier molecular flexibility index (Phi) is 6.52. The maximum Gasteiger partial charge on any atom is 0.255 e. The van der Waals surface area contributed by atoms with Crippen LogP contribution in [0, 0.1) is 0 Å². The second-order valence-corrected chi connectivity index (χ2v) is 7.43. The van der Waals surface area contributed by atoms with Gasteiger partial charge in [-0.3, -0.25) is 4.79 Å². The molecule has 152 valence electrons. The topological polar surface area (TPSA) is 71.6 Å². The Hall–Kier alpha value is -2.48. The Bertz CT molecular complexity index is 1010. The number of ether oxygens (including phenoxy) is 2. The van der Waals surface area contributed by atoms with Gasteiger partial charge in [-0.1, -0.05) is 35.3 Å². The van der Waals surface area contributed by atoms with Gasteiger partial charge in [-0.15, -0.1) is 0 Å². The fourth-order valence-electron chi connectivity index (χ4n) is 3.06. The molecule has 6 nitrogen and oxygen atoms in total. The minimum Gasteiger partial charge on any atom is -0.497 e. The van der Waals surface area contributed by atoms with Gasteiger partial charge in [0.25, 0.3) is 5.91 Å². The minimum atomic E-state index is -0.570. The number of rotatable bonds is 5. The number of amides is 1. The van der Waals surface area contributed by atoms with E-state index in [1.165, 1.54) is 7.11 Å². The molecule has 1 amide bonds. The van der Waals surface area contributed by atoms with Crippen LogP contribution in [-0.4, -0.2) is 25.2 Å². The van der Waals surface area contributed by atoms with Crippen molar-refractivity contribution in [2.75, 3.05) is 19.5 Å². The Morgan fingerprint density at radius 2 is 1.93 bits per heavy atom. The summed E-state index contributed by atoms with van der Waals surface area (Å²) in [6.07, 6.45) is 0. The Morgan fingerprint density at radius 3 is 2.62 bits per heavy atom. The van der Waals surface area contributed by atoms with Gasteiger partial charge < -0.3 is 25.4 Å². The average molecular weight is 452 g/mol. The molecule has 9 heteroatoms. The van der Waals surface area contributed by atoms with Crippen LogP contribution < -0.4 is 25.4 Å². The highest BCUT2D eigenvalue weighted by molar-refractivity contribution is 7.80. The molecule has 1 unspecified atom stereocenters. The van der Waals surface area contributed by atoms with Crippen molar-refractivity contribution < 1.29 is 14.3 Å². The zero-order valence-corrected chi connectivity index (χ0v) is 18.3. The van der Waals surface area contributed by atoms with Crippen molar-refractivity contribution in [3.8, 4) is 11.5 Å². The van der Waals surface area contributed by atoms with Crippen molar-refractivity contribution in [3.63, 3.8) is 0 Å². The molecule has 2 aromatic rings. The number of anilines is 1. The SMILES string of the molecule is COc1ccc(NC(=O)C2=C(C)NC(=S)NC2c2cccc(Cl)c2Cl)c(OC)c1. The molecular formula is C20H19Cl2N3O3S. The third kappa shape index (κ3) is 4.42. The molecule has 0 saturated carbocycles. The van der Waals surface area contributed by atoms with Crippen molar-refractivity contribution in [1.29, 1.82) is 0 Å². The minimum absolute atomic E-state index is 0.338. The van der Waals surface area contributed by atoms with Crippen LogP contribution in [0.3, 0.4) is 0 Å². The summed E-state index contributed by atoms with van der Waals surface area (Å²) in [5, 5.41) is 10.1. The van der Waals surface area contributed by atoms with Gasteiger partial charge in [0.1, 0.15) is 11.5 Å². The first kappa shape index (κ1) is 21.2. The van der Waals surface area contributed by atoms with Crippen molar-refractivity contribution in [1.82, 2.24) is 10.6 Å². The van der Waals surface area contributed by atoms with Gasteiger partial charge in [-0.2, -0.15) is 0 Å². The number of hydrogen-bond donors (Lipinski definition) is 3. The van der Waals surface area contributed by atoms with Gasteiger partial charge in [-0.25, -0.2) is 0 Å². The van der Waals surface area contributed by atoms with E-state index in [2.05, 4.69) is 16.0 Å². The van der Waals surface area contributed by atoms with Crippen LogP contribution in [0.25, 0.3) is 0 Å². The average Bonchev–Trinajstić information content (AvgIpc) is 2.69. The normalized spacial score (nSPS) is 16.0. The first-order valence-corrected chi connectivity index (χ1v) is 9.77. The van der Waals surface area contributed by atoms with E-state index in [9.17, 15) is 4.79 Å². The van der Waals surface area contributed by atoms with Crippen LogP contribution in [0.2, 0.25) is 10.0 Å². The second kappa shape index (κ2) is 8.90. The van der Waals surface area contributed by atoms with Crippen molar-refractivity contribution in [2.24, 2.45) is 0 Å². The molecule has 0 fully saturated rings. The third-order valence-electron chi connectivity index (χ3n) is 4.46. The molecule has 2 aromatic carbocycles. The monoisotopic (exact) mass is 451 g/mol. The summed E-state index contributed by atoms with van der Waals surface area (Å²) in [7, 11) is 3.08. The molecule has 0 spiro atoms. The van der Waals surface area contributed by atoms with Crippen LogP contribution in [0.15, 0.2) is 47.7 Å². The third-order valence-corrected chi connectivity index (χ3v) is 5.52. The first-order chi connectivity index (χ1) is 13.8. The highest BCUT2D eigenvalue weighted by Crippen LogP contribution is 2.36. The van der Waals surface area contributed by atoms with Crippen LogP contribution in [0.5, 0.6) is 11.5 Å². The van der Waals surface area contributed by atoms with E-state index in [0.717, 1.165) is 0 Å². The highest BCUT2D eigenvalue weighted by Gasteiger charge is 2.32. The molecule has 0 aliphatic carbocycles. The number of thiocarbonyl (C=S) groups is 1. The summed E-state index contributed by atoms with van der Waals surface area (Å²) in [4.78, 5) is 13.2. The van der Waals surface area contributed by atoms with E-state index in [1.807, 2.05) is 0 Å². The molecular weight excluding hydrogens is 433 g/mol. The summed E-state index contributed by atoms with van der Waals surface area (Å²) in [6, 6.07) is 9.82. The number of hydrogen-bond acceptors (Lipinski definition) is 4.